The minimum atomic E-state index is 0.173. The van der Waals surface area contributed by atoms with Crippen LogP contribution in [0, 0.1) is 0 Å². The molecule has 0 spiro atoms. The Kier molecular flexibility index (Phi) is 4.90. The van der Waals surface area contributed by atoms with Crippen molar-refractivity contribution >= 4 is 46.2 Å². The number of thiocarbonyl (C=S) groups is 1. The smallest absolute Gasteiger partial charge is 0.173 e. The van der Waals surface area contributed by atoms with Crippen molar-refractivity contribution in [3.8, 4) is 0 Å². The zero-order chi connectivity index (χ0) is 14.0. The summed E-state index contributed by atoms with van der Waals surface area (Å²) in [6, 6.07) is 5.29. The van der Waals surface area contributed by atoms with Crippen molar-refractivity contribution in [2.45, 2.75) is 26.1 Å². The van der Waals surface area contributed by atoms with Crippen molar-refractivity contribution in [1.82, 2.24) is 4.90 Å². The normalized spacial score (nSPS) is 23.3. The summed E-state index contributed by atoms with van der Waals surface area (Å²) in [5.74, 6) is 0. The van der Waals surface area contributed by atoms with Crippen molar-refractivity contribution in [3.05, 3.63) is 28.2 Å². The first kappa shape index (κ1) is 14.9. The third-order valence-electron chi connectivity index (χ3n) is 2.82. The topological polar surface area (TPSA) is 24.5 Å². The van der Waals surface area contributed by atoms with Gasteiger partial charge in [0.1, 0.15) is 0 Å². The highest BCUT2D eigenvalue weighted by Gasteiger charge is 2.23. The monoisotopic (exact) mass is 318 g/mol. The van der Waals surface area contributed by atoms with Crippen LogP contribution in [-0.4, -0.2) is 35.3 Å². The summed E-state index contributed by atoms with van der Waals surface area (Å²) in [6.45, 7) is 5.65. The zero-order valence-corrected chi connectivity index (χ0v) is 13.1. The Labute approximate surface area is 128 Å². The SMILES string of the molecule is C[C@@H]1CN(C(=S)Nc2cc(Cl)cc(Cl)c2)C[C@H](C)O1. The summed E-state index contributed by atoms with van der Waals surface area (Å²) in [5.41, 5.74) is 0.800. The van der Waals surface area contributed by atoms with Gasteiger partial charge in [-0.2, -0.15) is 0 Å². The summed E-state index contributed by atoms with van der Waals surface area (Å²) in [4.78, 5) is 2.10. The lowest BCUT2D eigenvalue weighted by molar-refractivity contribution is -0.0473. The molecule has 0 amide bonds. The second kappa shape index (κ2) is 6.27. The number of nitrogens with one attached hydrogen (secondary N) is 1. The van der Waals surface area contributed by atoms with Gasteiger partial charge in [-0.25, -0.2) is 0 Å². The predicted molar refractivity (Wildman–Crippen MR) is 84.3 cm³/mol. The average Bonchev–Trinajstić information content (AvgIpc) is 2.25. The van der Waals surface area contributed by atoms with Crippen molar-refractivity contribution < 1.29 is 4.74 Å². The first-order valence-electron chi connectivity index (χ1n) is 6.11. The molecule has 1 aromatic rings. The van der Waals surface area contributed by atoms with Gasteiger partial charge in [-0.1, -0.05) is 23.2 Å². The predicted octanol–water partition coefficient (Wildman–Crippen LogP) is 3.80. The zero-order valence-electron chi connectivity index (χ0n) is 10.8. The number of anilines is 1. The molecular weight excluding hydrogens is 303 g/mol. The Morgan fingerprint density at radius 2 is 1.74 bits per heavy atom. The molecule has 2 atom stereocenters. The number of rotatable bonds is 1. The molecule has 2 rings (SSSR count). The molecule has 0 unspecified atom stereocenters. The van der Waals surface area contributed by atoms with Crippen LogP contribution in [0.15, 0.2) is 18.2 Å². The molecule has 19 heavy (non-hydrogen) atoms. The number of nitrogens with zero attached hydrogens (tertiary/aromatic N) is 1. The average molecular weight is 319 g/mol. The van der Waals surface area contributed by atoms with E-state index in [0.717, 1.165) is 18.8 Å². The van der Waals surface area contributed by atoms with Gasteiger partial charge in [0.05, 0.1) is 12.2 Å². The molecule has 1 saturated heterocycles. The first-order chi connectivity index (χ1) is 8.94. The Balaban J connectivity index is 2.04. The first-order valence-corrected chi connectivity index (χ1v) is 7.28. The van der Waals surface area contributed by atoms with E-state index in [1.807, 2.05) is 13.8 Å². The van der Waals surface area contributed by atoms with Crippen LogP contribution in [-0.2, 0) is 4.74 Å². The maximum absolute atomic E-state index is 5.96. The van der Waals surface area contributed by atoms with Gasteiger partial charge >= 0.3 is 0 Å². The maximum Gasteiger partial charge on any atom is 0.173 e. The van der Waals surface area contributed by atoms with Crippen LogP contribution in [0.5, 0.6) is 0 Å². The molecule has 104 valence electrons. The molecule has 1 N–H and O–H groups in total. The number of benzene rings is 1. The van der Waals surface area contributed by atoms with Crippen LogP contribution in [0.2, 0.25) is 10.0 Å². The number of hydrogen-bond donors (Lipinski definition) is 1. The molecule has 1 aliphatic heterocycles. The maximum atomic E-state index is 5.96. The van der Waals surface area contributed by atoms with Crippen LogP contribution >= 0.6 is 35.4 Å². The minimum Gasteiger partial charge on any atom is -0.372 e. The molecule has 0 aliphatic carbocycles. The van der Waals surface area contributed by atoms with Gasteiger partial charge in [-0.3, -0.25) is 0 Å². The van der Waals surface area contributed by atoms with Crippen molar-refractivity contribution in [1.29, 1.82) is 0 Å². The molecule has 0 saturated carbocycles. The van der Waals surface area contributed by atoms with Crippen LogP contribution in [0.25, 0.3) is 0 Å². The lowest BCUT2D eigenvalue weighted by Gasteiger charge is -2.36. The van der Waals surface area contributed by atoms with E-state index in [1.54, 1.807) is 18.2 Å². The quantitative estimate of drug-likeness (QED) is 0.796. The summed E-state index contributed by atoms with van der Waals surface area (Å²) in [6.07, 6.45) is 0.345. The number of ether oxygens (including phenoxy) is 1. The van der Waals surface area contributed by atoms with Gasteiger partial charge < -0.3 is 15.0 Å². The molecule has 1 heterocycles. The molecule has 3 nitrogen and oxygen atoms in total. The van der Waals surface area contributed by atoms with Crippen LogP contribution < -0.4 is 5.32 Å². The second-order valence-electron chi connectivity index (χ2n) is 4.75. The summed E-state index contributed by atoms with van der Waals surface area (Å²) < 4.78 is 5.68. The number of hydrogen-bond acceptors (Lipinski definition) is 2. The van der Waals surface area contributed by atoms with E-state index in [2.05, 4.69) is 10.2 Å². The van der Waals surface area contributed by atoms with Crippen molar-refractivity contribution in [2.24, 2.45) is 0 Å². The number of halogens is 2. The Morgan fingerprint density at radius 1 is 1.21 bits per heavy atom. The van der Waals surface area contributed by atoms with Crippen LogP contribution in [0.3, 0.4) is 0 Å². The highest BCUT2D eigenvalue weighted by molar-refractivity contribution is 7.80. The van der Waals surface area contributed by atoms with Gasteiger partial charge in [-0.05, 0) is 44.3 Å². The fourth-order valence-corrected chi connectivity index (χ4v) is 2.97. The Morgan fingerprint density at radius 3 is 2.26 bits per heavy atom. The molecular formula is C13H16Cl2N2OS. The van der Waals surface area contributed by atoms with E-state index >= 15 is 0 Å². The van der Waals surface area contributed by atoms with Gasteiger partial charge in [0.25, 0.3) is 0 Å². The highest BCUT2D eigenvalue weighted by Crippen LogP contribution is 2.23. The van der Waals surface area contributed by atoms with E-state index in [1.165, 1.54) is 0 Å². The van der Waals surface area contributed by atoms with E-state index < -0.39 is 0 Å². The van der Waals surface area contributed by atoms with Crippen molar-refractivity contribution in [3.63, 3.8) is 0 Å². The second-order valence-corrected chi connectivity index (χ2v) is 6.01. The van der Waals surface area contributed by atoms with Gasteiger partial charge in [0, 0.05) is 28.8 Å². The largest absolute Gasteiger partial charge is 0.372 e. The molecule has 1 aromatic carbocycles. The van der Waals surface area contributed by atoms with Gasteiger partial charge in [0.15, 0.2) is 5.11 Å². The Hall–Kier alpha value is -0.550. The molecule has 1 aliphatic rings. The molecule has 1 fully saturated rings. The molecule has 0 aromatic heterocycles. The summed E-state index contributed by atoms with van der Waals surface area (Å²) in [5, 5.41) is 5.00. The standard InChI is InChI=1S/C13H16Cl2N2OS/c1-8-6-17(7-9(2)18-8)13(19)16-12-4-10(14)3-11(15)5-12/h3-5,8-9H,6-7H2,1-2H3,(H,16,19)/t8-,9+. The van der Waals surface area contributed by atoms with Gasteiger partial charge in [-0.15, -0.1) is 0 Å². The summed E-state index contributed by atoms with van der Waals surface area (Å²) in [7, 11) is 0. The van der Waals surface area contributed by atoms with Crippen LogP contribution in [0.1, 0.15) is 13.8 Å². The minimum absolute atomic E-state index is 0.173. The molecule has 6 heteroatoms. The van der Waals surface area contributed by atoms with Crippen LogP contribution in [0.4, 0.5) is 5.69 Å². The number of morpholine rings is 1. The molecule has 0 radical (unpaired) electrons. The van der Waals surface area contributed by atoms with Gasteiger partial charge in [0.2, 0.25) is 0 Å². The lowest BCUT2D eigenvalue weighted by atomic mass is 10.2. The van der Waals surface area contributed by atoms with E-state index in [9.17, 15) is 0 Å². The van der Waals surface area contributed by atoms with E-state index in [4.69, 9.17) is 40.2 Å². The molecule has 0 bridgehead atoms. The fraction of sp³-hybridized carbons (Fsp3) is 0.462. The summed E-state index contributed by atoms with van der Waals surface area (Å²) >= 11 is 17.4. The third-order valence-corrected chi connectivity index (χ3v) is 3.62. The Bertz CT molecular complexity index is 453. The third kappa shape index (κ3) is 4.21. The van der Waals surface area contributed by atoms with E-state index in [0.29, 0.717) is 15.2 Å². The van der Waals surface area contributed by atoms with Crippen molar-refractivity contribution in [2.75, 3.05) is 18.4 Å². The fourth-order valence-electron chi connectivity index (χ4n) is 2.17. The van der Waals surface area contributed by atoms with E-state index in [-0.39, 0.29) is 12.2 Å². The lowest BCUT2D eigenvalue weighted by Crippen LogP contribution is -2.49. The highest BCUT2D eigenvalue weighted by atomic mass is 35.5.